The second-order valence-electron chi connectivity index (χ2n) is 5.47. The number of nitrogens with one attached hydrogen (secondary N) is 1. The van der Waals surface area contributed by atoms with E-state index in [0.29, 0.717) is 17.9 Å². The number of rotatable bonds is 4. The minimum Gasteiger partial charge on any atom is -0.388 e. The van der Waals surface area contributed by atoms with Crippen molar-refractivity contribution in [2.45, 2.75) is 44.6 Å². The first-order valence-electron chi connectivity index (χ1n) is 6.97. The lowest BCUT2D eigenvalue weighted by Crippen LogP contribution is -2.40. The van der Waals surface area contributed by atoms with E-state index in [1.54, 1.807) is 18.3 Å². The molecule has 1 fully saturated rings. The van der Waals surface area contributed by atoms with E-state index >= 15 is 0 Å². The van der Waals surface area contributed by atoms with Gasteiger partial charge in [0.15, 0.2) is 0 Å². The minimum absolute atomic E-state index is 0.505. The predicted octanol–water partition coefficient (Wildman–Crippen LogP) is 2.70. The Bertz CT molecular complexity index is 459. The zero-order valence-electron chi connectivity index (χ0n) is 11.4. The summed E-state index contributed by atoms with van der Waals surface area (Å²) in [4.78, 5) is 4.16. The molecule has 2 rings (SSSR count). The second-order valence-corrected chi connectivity index (χ2v) is 5.47. The molecule has 2 N–H and O–H groups in total. The van der Waals surface area contributed by atoms with Crippen molar-refractivity contribution in [1.29, 1.82) is 5.26 Å². The van der Waals surface area contributed by atoms with Crippen LogP contribution in [-0.4, -0.2) is 22.2 Å². The molecule has 4 heteroatoms. The van der Waals surface area contributed by atoms with Crippen LogP contribution in [-0.2, 0) is 0 Å². The molecule has 0 atom stereocenters. The first-order chi connectivity index (χ1) is 9.15. The highest BCUT2D eigenvalue weighted by molar-refractivity contribution is 5.42. The molecule has 1 heterocycles. The van der Waals surface area contributed by atoms with Crippen molar-refractivity contribution in [2.24, 2.45) is 5.92 Å². The Morgan fingerprint density at radius 3 is 2.89 bits per heavy atom. The van der Waals surface area contributed by atoms with Crippen molar-refractivity contribution >= 4 is 5.82 Å². The number of aliphatic hydroxyl groups is 1. The average Bonchev–Trinajstić information content (AvgIpc) is 2.46. The largest absolute Gasteiger partial charge is 0.388 e. The van der Waals surface area contributed by atoms with Crippen molar-refractivity contribution in [1.82, 2.24) is 4.98 Å². The van der Waals surface area contributed by atoms with Crippen LogP contribution in [0.2, 0.25) is 0 Å². The van der Waals surface area contributed by atoms with Gasteiger partial charge in [0.1, 0.15) is 5.82 Å². The summed E-state index contributed by atoms with van der Waals surface area (Å²) in [7, 11) is 0. The molecule has 4 nitrogen and oxygen atoms in total. The smallest absolute Gasteiger partial charge is 0.127 e. The Balaban J connectivity index is 1.89. The van der Waals surface area contributed by atoms with E-state index in [1.165, 1.54) is 6.42 Å². The van der Waals surface area contributed by atoms with Crippen LogP contribution in [0.3, 0.4) is 0 Å². The van der Waals surface area contributed by atoms with E-state index in [2.05, 4.69) is 23.3 Å². The van der Waals surface area contributed by atoms with E-state index in [4.69, 9.17) is 5.26 Å². The third-order valence-electron chi connectivity index (χ3n) is 4.10. The molecule has 0 bridgehead atoms. The molecule has 0 unspecified atom stereocenters. The Hall–Kier alpha value is -1.60. The van der Waals surface area contributed by atoms with Crippen molar-refractivity contribution in [3.63, 3.8) is 0 Å². The van der Waals surface area contributed by atoms with Crippen molar-refractivity contribution in [3.8, 4) is 6.07 Å². The fourth-order valence-electron chi connectivity index (χ4n) is 2.65. The Morgan fingerprint density at radius 2 is 2.26 bits per heavy atom. The van der Waals surface area contributed by atoms with Gasteiger partial charge in [-0.3, -0.25) is 0 Å². The van der Waals surface area contributed by atoms with E-state index in [9.17, 15) is 5.11 Å². The van der Waals surface area contributed by atoms with Gasteiger partial charge >= 0.3 is 0 Å². The summed E-state index contributed by atoms with van der Waals surface area (Å²) in [5.74, 6) is 1.42. The normalized spacial score (nSPS) is 26.7. The highest BCUT2D eigenvalue weighted by Crippen LogP contribution is 2.33. The molecule has 0 saturated heterocycles. The van der Waals surface area contributed by atoms with Crippen molar-refractivity contribution < 1.29 is 5.11 Å². The third-order valence-corrected chi connectivity index (χ3v) is 4.10. The fourth-order valence-corrected chi connectivity index (χ4v) is 2.65. The van der Waals surface area contributed by atoms with Gasteiger partial charge in [-0.15, -0.1) is 0 Å². The van der Waals surface area contributed by atoms with Crippen LogP contribution >= 0.6 is 0 Å². The molecule has 0 aliphatic heterocycles. The second kappa shape index (κ2) is 6.03. The van der Waals surface area contributed by atoms with Crippen LogP contribution in [0.15, 0.2) is 18.3 Å². The van der Waals surface area contributed by atoms with Crippen molar-refractivity contribution in [3.05, 3.63) is 23.9 Å². The first-order valence-corrected chi connectivity index (χ1v) is 6.97. The third kappa shape index (κ3) is 3.68. The van der Waals surface area contributed by atoms with Crippen LogP contribution in [0.1, 0.15) is 44.6 Å². The number of anilines is 1. The molecule has 19 heavy (non-hydrogen) atoms. The lowest BCUT2D eigenvalue weighted by Gasteiger charge is -2.36. The molecule has 0 spiro atoms. The molecule has 0 radical (unpaired) electrons. The van der Waals surface area contributed by atoms with Gasteiger partial charge in [0.05, 0.1) is 17.2 Å². The van der Waals surface area contributed by atoms with Gasteiger partial charge in [0.25, 0.3) is 0 Å². The summed E-state index contributed by atoms with van der Waals surface area (Å²) >= 11 is 0. The zero-order valence-corrected chi connectivity index (χ0v) is 11.4. The molecule has 1 aromatic rings. The Kier molecular flexibility index (Phi) is 4.39. The predicted molar refractivity (Wildman–Crippen MR) is 74.6 cm³/mol. The molecule has 1 aliphatic carbocycles. The summed E-state index contributed by atoms with van der Waals surface area (Å²) in [5, 5.41) is 22.5. The van der Waals surface area contributed by atoms with E-state index < -0.39 is 5.60 Å². The average molecular weight is 259 g/mol. The monoisotopic (exact) mass is 259 g/mol. The molecule has 1 aliphatic rings. The number of pyridine rings is 1. The van der Waals surface area contributed by atoms with Crippen LogP contribution in [0.4, 0.5) is 5.82 Å². The minimum atomic E-state index is -0.629. The Morgan fingerprint density at radius 1 is 1.53 bits per heavy atom. The number of aromatic nitrogens is 1. The van der Waals surface area contributed by atoms with Gasteiger partial charge in [-0.1, -0.05) is 13.3 Å². The standard InChI is InChI=1S/C15H21N3O/c1-2-12-3-6-15(19,7-4-12)11-18-14-9-13(10-16)5-8-17-14/h5,8-9,12,19H,2-4,6-7,11H2,1H3,(H,17,18). The number of nitrogens with zero attached hydrogens (tertiary/aromatic N) is 2. The van der Waals surface area contributed by atoms with Gasteiger partial charge in [0, 0.05) is 12.7 Å². The highest BCUT2D eigenvalue weighted by Gasteiger charge is 2.32. The maximum atomic E-state index is 10.5. The number of hydrogen-bond donors (Lipinski definition) is 2. The fraction of sp³-hybridized carbons (Fsp3) is 0.600. The summed E-state index contributed by atoms with van der Waals surface area (Å²) in [5.41, 5.74) is -0.0464. The number of nitriles is 1. The van der Waals surface area contributed by atoms with Gasteiger partial charge < -0.3 is 10.4 Å². The van der Waals surface area contributed by atoms with Gasteiger partial charge in [0.2, 0.25) is 0 Å². The summed E-state index contributed by atoms with van der Waals surface area (Å²) in [6, 6.07) is 5.47. The molecular weight excluding hydrogens is 238 g/mol. The van der Waals surface area contributed by atoms with Crippen LogP contribution in [0.25, 0.3) is 0 Å². The topological polar surface area (TPSA) is 68.9 Å². The summed E-state index contributed by atoms with van der Waals surface area (Å²) in [6.07, 6.45) is 6.70. The van der Waals surface area contributed by atoms with Crippen LogP contribution in [0.5, 0.6) is 0 Å². The first kappa shape index (κ1) is 13.8. The SMILES string of the molecule is CCC1CCC(O)(CNc2cc(C#N)ccn2)CC1. The van der Waals surface area contributed by atoms with E-state index in [-0.39, 0.29) is 0 Å². The molecular formula is C15H21N3O. The number of hydrogen-bond acceptors (Lipinski definition) is 4. The van der Waals surface area contributed by atoms with Gasteiger partial charge in [-0.05, 0) is 43.7 Å². The molecule has 1 aromatic heterocycles. The Labute approximate surface area is 114 Å². The maximum absolute atomic E-state index is 10.5. The summed E-state index contributed by atoms with van der Waals surface area (Å²) < 4.78 is 0. The van der Waals surface area contributed by atoms with Crippen LogP contribution in [0, 0.1) is 17.2 Å². The van der Waals surface area contributed by atoms with Crippen molar-refractivity contribution in [2.75, 3.05) is 11.9 Å². The van der Waals surface area contributed by atoms with E-state index in [0.717, 1.165) is 31.6 Å². The van der Waals surface area contributed by atoms with E-state index in [1.807, 2.05) is 0 Å². The maximum Gasteiger partial charge on any atom is 0.127 e. The van der Waals surface area contributed by atoms with Gasteiger partial charge in [-0.25, -0.2) is 4.98 Å². The molecule has 0 amide bonds. The lowest BCUT2D eigenvalue weighted by molar-refractivity contribution is 0.00223. The molecule has 0 aromatic carbocycles. The van der Waals surface area contributed by atoms with Gasteiger partial charge in [-0.2, -0.15) is 5.26 Å². The van der Waals surface area contributed by atoms with Crippen LogP contribution < -0.4 is 5.32 Å². The quantitative estimate of drug-likeness (QED) is 0.872. The zero-order chi connectivity index (χ0) is 13.7. The molecule has 102 valence electrons. The molecule has 1 saturated carbocycles. The lowest BCUT2D eigenvalue weighted by atomic mass is 9.78. The summed E-state index contributed by atoms with van der Waals surface area (Å²) in [6.45, 7) is 2.72. The highest BCUT2D eigenvalue weighted by atomic mass is 16.3.